The molecule has 0 aliphatic carbocycles. The molecule has 0 radical (unpaired) electrons. The number of rotatable bonds is 6. The van der Waals surface area contributed by atoms with E-state index < -0.39 is 0 Å². The van der Waals surface area contributed by atoms with Crippen molar-refractivity contribution in [2.24, 2.45) is 23.5 Å². The minimum atomic E-state index is 0.351. The van der Waals surface area contributed by atoms with Crippen molar-refractivity contribution in [3.05, 3.63) is 0 Å². The second-order valence-electron chi connectivity index (χ2n) is 6.21. The standard InChI is InChI=1S/C15H30N2O/c1-12(2)14(8-9-16)6-7-15(18)17-10-4-5-13(3)11-17/h12-14H,4-11,16H2,1-3H3. The van der Waals surface area contributed by atoms with Crippen molar-refractivity contribution >= 4 is 5.91 Å². The maximum Gasteiger partial charge on any atom is 0.222 e. The minimum Gasteiger partial charge on any atom is -0.342 e. The molecule has 1 aliphatic rings. The summed E-state index contributed by atoms with van der Waals surface area (Å²) in [4.78, 5) is 14.2. The van der Waals surface area contributed by atoms with Gasteiger partial charge in [-0.1, -0.05) is 20.8 Å². The second-order valence-corrected chi connectivity index (χ2v) is 6.21. The lowest BCUT2D eigenvalue weighted by atomic mass is 9.88. The SMILES string of the molecule is CC1CCCN(C(=O)CCC(CCN)C(C)C)C1. The normalized spacial score (nSPS) is 22.3. The van der Waals surface area contributed by atoms with E-state index >= 15 is 0 Å². The molecule has 1 amide bonds. The van der Waals surface area contributed by atoms with Gasteiger partial charge in [-0.15, -0.1) is 0 Å². The van der Waals surface area contributed by atoms with Crippen LogP contribution in [0.15, 0.2) is 0 Å². The smallest absolute Gasteiger partial charge is 0.222 e. The van der Waals surface area contributed by atoms with Gasteiger partial charge in [0.25, 0.3) is 0 Å². The summed E-state index contributed by atoms with van der Waals surface area (Å²) in [5, 5.41) is 0. The molecule has 0 aromatic carbocycles. The molecular formula is C15H30N2O. The highest BCUT2D eigenvalue weighted by molar-refractivity contribution is 5.76. The Morgan fingerprint density at radius 3 is 2.67 bits per heavy atom. The molecular weight excluding hydrogens is 224 g/mol. The van der Waals surface area contributed by atoms with Gasteiger partial charge in [-0.3, -0.25) is 4.79 Å². The first-order valence-corrected chi connectivity index (χ1v) is 7.52. The fourth-order valence-corrected chi connectivity index (χ4v) is 2.91. The van der Waals surface area contributed by atoms with Crippen molar-refractivity contribution in [2.75, 3.05) is 19.6 Å². The highest BCUT2D eigenvalue weighted by atomic mass is 16.2. The monoisotopic (exact) mass is 254 g/mol. The summed E-state index contributed by atoms with van der Waals surface area (Å²) < 4.78 is 0. The summed E-state index contributed by atoms with van der Waals surface area (Å²) in [6.07, 6.45) is 5.18. The Bertz CT molecular complexity index is 253. The van der Waals surface area contributed by atoms with Gasteiger partial charge in [0.1, 0.15) is 0 Å². The number of carbonyl (C=O) groups is 1. The van der Waals surface area contributed by atoms with Crippen molar-refractivity contribution in [1.82, 2.24) is 4.90 Å². The van der Waals surface area contributed by atoms with Gasteiger partial charge in [0.2, 0.25) is 5.91 Å². The molecule has 0 saturated carbocycles. The number of nitrogens with zero attached hydrogens (tertiary/aromatic N) is 1. The molecule has 106 valence electrons. The first-order chi connectivity index (χ1) is 8.54. The Labute approximate surface area is 112 Å². The quantitative estimate of drug-likeness (QED) is 0.792. The Hall–Kier alpha value is -0.570. The molecule has 1 saturated heterocycles. The molecule has 1 rings (SSSR count). The van der Waals surface area contributed by atoms with Crippen LogP contribution < -0.4 is 5.73 Å². The predicted molar refractivity (Wildman–Crippen MR) is 76.2 cm³/mol. The van der Waals surface area contributed by atoms with Crippen molar-refractivity contribution in [1.29, 1.82) is 0 Å². The molecule has 0 spiro atoms. The van der Waals surface area contributed by atoms with E-state index in [1.807, 2.05) is 0 Å². The number of amides is 1. The maximum atomic E-state index is 12.2. The Morgan fingerprint density at radius 1 is 1.39 bits per heavy atom. The van der Waals surface area contributed by atoms with Crippen molar-refractivity contribution < 1.29 is 4.79 Å². The third kappa shape index (κ3) is 4.97. The van der Waals surface area contributed by atoms with Gasteiger partial charge in [0.15, 0.2) is 0 Å². The van der Waals surface area contributed by atoms with Crippen LogP contribution in [0.25, 0.3) is 0 Å². The van der Waals surface area contributed by atoms with E-state index in [2.05, 4.69) is 25.7 Å². The molecule has 3 nitrogen and oxygen atoms in total. The topological polar surface area (TPSA) is 46.3 Å². The van der Waals surface area contributed by atoms with Crippen LogP contribution in [0, 0.1) is 17.8 Å². The fourth-order valence-electron chi connectivity index (χ4n) is 2.91. The molecule has 0 aromatic heterocycles. The van der Waals surface area contributed by atoms with Crippen LogP contribution in [-0.4, -0.2) is 30.4 Å². The van der Waals surface area contributed by atoms with Crippen LogP contribution in [0.3, 0.4) is 0 Å². The first kappa shape index (κ1) is 15.5. The van der Waals surface area contributed by atoms with Gasteiger partial charge in [0.05, 0.1) is 0 Å². The number of nitrogens with two attached hydrogens (primary N) is 1. The van der Waals surface area contributed by atoms with Gasteiger partial charge in [-0.25, -0.2) is 0 Å². The zero-order valence-corrected chi connectivity index (χ0v) is 12.3. The highest BCUT2D eigenvalue weighted by Gasteiger charge is 2.22. The summed E-state index contributed by atoms with van der Waals surface area (Å²) in [6.45, 7) is 9.36. The number of hydrogen-bond donors (Lipinski definition) is 1. The molecule has 18 heavy (non-hydrogen) atoms. The van der Waals surface area contributed by atoms with Crippen LogP contribution in [0.1, 0.15) is 52.9 Å². The predicted octanol–water partition coefficient (Wildman–Crippen LogP) is 2.65. The van der Waals surface area contributed by atoms with Crippen LogP contribution in [0.2, 0.25) is 0 Å². The average Bonchev–Trinajstić information content (AvgIpc) is 2.33. The Balaban J connectivity index is 2.34. The molecule has 2 unspecified atom stereocenters. The number of likely N-dealkylation sites (tertiary alicyclic amines) is 1. The molecule has 1 aliphatic heterocycles. The van der Waals surface area contributed by atoms with Crippen molar-refractivity contribution in [2.45, 2.75) is 52.9 Å². The highest BCUT2D eigenvalue weighted by Crippen LogP contribution is 2.22. The van der Waals surface area contributed by atoms with Crippen LogP contribution >= 0.6 is 0 Å². The lowest BCUT2D eigenvalue weighted by Crippen LogP contribution is -2.39. The van der Waals surface area contributed by atoms with E-state index in [9.17, 15) is 4.79 Å². The van der Waals surface area contributed by atoms with E-state index in [1.165, 1.54) is 12.8 Å². The molecule has 2 atom stereocenters. The number of hydrogen-bond acceptors (Lipinski definition) is 2. The Kier molecular flexibility index (Phi) is 6.69. The van der Waals surface area contributed by atoms with E-state index in [1.54, 1.807) is 0 Å². The minimum absolute atomic E-state index is 0.351. The van der Waals surface area contributed by atoms with Crippen LogP contribution in [0.4, 0.5) is 0 Å². The Morgan fingerprint density at radius 2 is 2.11 bits per heavy atom. The second kappa shape index (κ2) is 7.78. The molecule has 1 heterocycles. The lowest BCUT2D eigenvalue weighted by Gasteiger charge is -2.31. The van der Waals surface area contributed by atoms with Gasteiger partial charge in [-0.2, -0.15) is 0 Å². The van der Waals surface area contributed by atoms with Gasteiger partial charge < -0.3 is 10.6 Å². The molecule has 2 N–H and O–H groups in total. The van der Waals surface area contributed by atoms with Crippen molar-refractivity contribution in [3.8, 4) is 0 Å². The molecule has 0 aromatic rings. The zero-order chi connectivity index (χ0) is 13.5. The first-order valence-electron chi connectivity index (χ1n) is 7.52. The van der Waals surface area contributed by atoms with E-state index in [0.717, 1.165) is 32.5 Å². The zero-order valence-electron chi connectivity index (χ0n) is 12.3. The van der Waals surface area contributed by atoms with Gasteiger partial charge in [0, 0.05) is 19.5 Å². The third-order valence-electron chi connectivity index (χ3n) is 4.22. The van der Waals surface area contributed by atoms with Gasteiger partial charge >= 0.3 is 0 Å². The number of carbonyl (C=O) groups excluding carboxylic acids is 1. The molecule has 0 bridgehead atoms. The van der Waals surface area contributed by atoms with Crippen LogP contribution in [-0.2, 0) is 4.79 Å². The van der Waals surface area contributed by atoms with Gasteiger partial charge in [-0.05, 0) is 50.0 Å². The maximum absolute atomic E-state index is 12.2. The fraction of sp³-hybridized carbons (Fsp3) is 0.933. The van der Waals surface area contributed by atoms with Crippen LogP contribution in [0.5, 0.6) is 0 Å². The molecule has 3 heteroatoms. The largest absolute Gasteiger partial charge is 0.342 e. The number of piperidine rings is 1. The summed E-state index contributed by atoms with van der Waals surface area (Å²) in [5.41, 5.74) is 5.64. The van der Waals surface area contributed by atoms with E-state index in [0.29, 0.717) is 30.1 Å². The average molecular weight is 254 g/mol. The summed E-state index contributed by atoms with van der Waals surface area (Å²) in [5.74, 6) is 2.25. The van der Waals surface area contributed by atoms with E-state index in [4.69, 9.17) is 5.73 Å². The lowest BCUT2D eigenvalue weighted by molar-refractivity contribution is -0.133. The summed E-state index contributed by atoms with van der Waals surface area (Å²) >= 11 is 0. The summed E-state index contributed by atoms with van der Waals surface area (Å²) in [6, 6.07) is 0. The third-order valence-corrected chi connectivity index (χ3v) is 4.22. The van der Waals surface area contributed by atoms with Crippen molar-refractivity contribution in [3.63, 3.8) is 0 Å². The molecule has 1 fully saturated rings. The summed E-state index contributed by atoms with van der Waals surface area (Å²) in [7, 11) is 0. The van der Waals surface area contributed by atoms with E-state index in [-0.39, 0.29) is 0 Å².